The van der Waals surface area contributed by atoms with E-state index in [1.165, 1.54) is 12.8 Å². The van der Waals surface area contributed by atoms with Crippen molar-refractivity contribution in [1.82, 2.24) is 15.3 Å². The molecule has 1 N–H and O–H groups in total. The first-order valence-electron chi connectivity index (χ1n) is 6.27. The molecule has 1 saturated carbocycles. The van der Waals surface area contributed by atoms with Crippen molar-refractivity contribution < 1.29 is 4.79 Å². The van der Waals surface area contributed by atoms with E-state index in [-0.39, 0.29) is 11.9 Å². The quantitative estimate of drug-likeness (QED) is 0.834. The minimum Gasteiger partial charge on any atom is -0.350 e. The van der Waals surface area contributed by atoms with Crippen LogP contribution < -0.4 is 10.2 Å². The lowest BCUT2D eigenvalue weighted by Crippen LogP contribution is -2.62. The summed E-state index contributed by atoms with van der Waals surface area (Å²) in [6.07, 6.45) is 7.65. The summed E-state index contributed by atoms with van der Waals surface area (Å²) in [6, 6.07) is 0.553. The van der Waals surface area contributed by atoms with Gasteiger partial charge in [0.25, 0.3) is 0 Å². The zero-order chi connectivity index (χ0) is 12.5. The standard InChI is InChI=1S/C12H15ClN4O/c13-8-5-14-12(15-6-8)17-7-11(18)16-9-3-1-2-4-10(9)17/h5-6,9-10H,1-4,7H2,(H,16,18)/t9-,10+/m1/s1. The highest BCUT2D eigenvalue weighted by molar-refractivity contribution is 6.30. The van der Waals surface area contributed by atoms with Crippen LogP contribution >= 0.6 is 11.6 Å². The number of aromatic nitrogens is 2. The number of hydrogen-bond acceptors (Lipinski definition) is 4. The molecule has 0 bridgehead atoms. The van der Waals surface area contributed by atoms with Gasteiger partial charge in [-0.1, -0.05) is 24.4 Å². The topological polar surface area (TPSA) is 58.1 Å². The van der Waals surface area contributed by atoms with E-state index in [0.29, 0.717) is 23.6 Å². The van der Waals surface area contributed by atoms with Crippen molar-refractivity contribution in [2.45, 2.75) is 37.8 Å². The van der Waals surface area contributed by atoms with Gasteiger partial charge in [-0.05, 0) is 12.8 Å². The Morgan fingerprint density at radius 1 is 1.28 bits per heavy atom. The van der Waals surface area contributed by atoms with E-state index in [1.54, 1.807) is 12.4 Å². The van der Waals surface area contributed by atoms with Crippen LogP contribution in [-0.4, -0.2) is 34.5 Å². The van der Waals surface area contributed by atoms with Crippen LogP contribution in [0.4, 0.5) is 5.95 Å². The van der Waals surface area contributed by atoms with E-state index in [2.05, 4.69) is 15.3 Å². The van der Waals surface area contributed by atoms with Crippen molar-refractivity contribution in [3.8, 4) is 0 Å². The number of fused-ring (bicyclic) bond motifs is 1. The number of carbonyl (C=O) groups is 1. The smallest absolute Gasteiger partial charge is 0.239 e. The van der Waals surface area contributed by atoms with Gasteiger partial charge in [0.15, 0.2) is 0 Å². The van der Waals surface area contributed by atoms with Crippen LogP contribution in [-0.2, 0) is 4.79 Å². The SMILES string of the molecule is O=C1CN(c2ncc(Cl)cn2)[C@H]2CCCC[C@H]2N1. The van der Waals surface area contributed by atoms with Gasteiger partial charge in [-0.3, -0.25) is 4.79 Å². The van der Waals surface area contributed by atoms with Gasteiger partial charge in [-0.15, -0.1) is 0 Å². The summed E-state index contributed by atoms with van der Waals surface area (Å²) in [5.74, 6) is 0.655. The molecule has 3 rings (SSSR count). The van der Waals surface area contributed by atoms with E-state index < -0.39 is 0 Å². The fourth-order valence-corrected chi connectivity index (χ4v) is 2.95. The second kappa shape index (κ2) is 4.72. The number of nitrogens with zero attached hydrogens (tertiary/aromatic N) is 3. The van der Waals surface area contributed by atoms with Gasteiger partial charge in [0.05, 0.1) is 23.5 Å². The molecule has 0 radical (unpaired) electrons. The zero-order valence-electron chi connectivity index (χ0n) is 9.97. The Hall–Kier alpha value is -1.36. The summed E-state index contributed by atoms with van der Waals surface area (Å²) < 4.78 is 0. The minimum absolute atomic E-state index is 0.0525. The number of halogens is 1. The van der Waals surface area contributed by atoms with Crippen LogP contribution in [0.2, 0.25) is 5.02 Å². The van der Waals surface area contributed by atoms with E-state index >= 15 is 0 Å². The highest BCUT2D eigenvalue weighted by Gasteiger charge is 2.37. The van der Waals surface area contributed by atoms with Gasteiger partial charge in [-0.2, -0.15) is 0 Å². The maximum Gasteiger partial charge on any atom is 0.239 e. The molecule has 0 spiro atoms. The Kier molecular flexibility index (Phi) is 3.07. The predicted octanol–water partition coefficient (Wildman–Crippen LogP) is 1.38. The first-order valence-corrected chi connectivity index (χ1v) is 6.65. The number of amides is 1. The molecule has 1 aromatic heterocycles. The van der Waals surface area contributed by atoms with Crippen molar-refractivity contribution in [3.05, 3.63) is 17.4 Å². The van der Waals surface area contributed by atoms with Gasteiger partial charge in [-0.25, -0.2) is 9.97 Å². The van der Waals surface area contributed by atoms with E-state index in [0.717, 1.165) is 12.8 Å². The van der Waals surface area contributed by atoms with Crippen molar-refractivity contribution in [3.63, 3.8) is 0 Å². The van der Waals surface area contributed by atoms with Crippen LogP contribution in [0.3, 0.4) is 0 Å². The molecule has 0 unspecified atom stereocenters. The Morgan fingerprint density at radius 2 is 2.00 bits per heavy atom. The van der Waals surface area contributed by atoms with Gasteiger partial charge in [0, 0.05) is 6.04 Å². The summed E-state index contributed by atoms with van der Waals surface area (Å²) in [7, 11) is 0. The lowest BCUT2D eigenvalue weighted by molar-refractivity contribution is -0.122. The molecular weight excluding hydrogens is 252 g/mol. The van der Waals surface area contributed by atoms with Crippen LogP contribution in [0, 0.1) is 0 Å². The molecule has 1 aliphatic carbocycles. The fraction of sp³-hybridized carbons (Fsp3) is 0.583. The Balaban J connectivity index is 1.88. The van der Waals surface area contributed by atoms with Crippen LogP contribution in [0.5, 0.6) is 0 Å². The average Bonchev–Trinajstić information content (AvgIpc) is 2.38. The summed E-state index contributed by atoms with van der Waals surface area (Å²) >= 11 is 5.79. The molecule has 0 aromatic carbocycles. The summed E-state index contributed by atoms with van der Waals surface area (Å²) in [6.45, 7) is 0.336. The number of anilines is 1. The first kappa shape index (κ1) is 11.7. The van der Waals surface area contributed by atoms with Crippen LogP contribution in [0.1, 0.15) is 25.7 Å². The molecule has 6 heteroatoms. The van der Waals surface area contributed by atoms with Gasteiger partial charge >= 0.3 is 0 Å². The van der Waals surface area contributed by atoms with Gasteiger partial charge in [0.1, 0.15) is 6.54 Å². The normalized spacial score (nSPS) is 27.6. The second-order valence-electron chi connectivity index (χ2n) is 4.85. The number of rotatable bonds is 1. The molecule has 2 atom stereocenters. The molecule has 1 aromatic rings. The monoisotopic (exact) mass is 266 g/mol. The highest BCUT2D eigenvalue weighted by atomic mass is 35.5. The summed E-state index contributed by atoms with van der Waals surface area (Å²) in [4.78, 5) is 22.2. The van der Waals surface area contributed by atoms with Crippen molar-refractivity contribution in [1.29, 1.82) is 0 Å². The van der Waals surface area contributed by atoms with E-state index in [1.807, 2.05) is 4.90 Å². The minimum atomic E-state index is 0.0525. The molecule has 1 amide bonds. The predicted molar refractivity (Wildman–Crippen MR) is 68.6 cm³/mol. The third-order valence-corrected chi connectivity index (χ3v) is 3.85. The van der Waals surface area contributed by atoms with E-state index in [9.17, 15) is 4.79 Å². The first-order chi connectivity index (χ1) is 8.74. The molecule has 1 saturated heterocycles. The number of piperazine rings is 1. The molecule has 96 valence electrons. The lowest BCUT2D eigenvalue weighted by Gasteiger charge is -2.43. The second-order valence-corrected chi connectivity index (χ2v) is 5.29. The number of nitrogens with one attached hydrogen (secondary N) is 1. The molecule has 2 fully saturated rings. The molecule has 1 aliphatic heterocycles. The van der Waals surface area contributed by atoms with Gasteiger partial charge < -0.3 is 10.2 Å². The number of hydrogen-bond donors (Lipinski definition) is 1. The van der Waals surface area contributed by atoms with Crippen molar-refractivity contribution in [2.24, 2.45) is 0 Å². The Bertz CT molecular complexity index is 450. The molecular formula is C12H15ClN4O. The number of carbonyl (C=O) groups excluding carboxylic acids is 1. The Morgan fingerprint density at radius 3 is 2.78 bits per heavy atom. The third-order valence-electron chi connectivity index (χ3n) is 3.65. The third kappa shape index (κ3) is 2.14. The molecule has 5 nitrogen and oxygen atoms in total. The maximum absolute atomic E-state index is 11.7. The summed E-state index contributed by atoms with van der Waals surface area (Å²) in [5, 5.41) is 3.58. The summed E-state index contributed by atoms with van der Waals surface area (Å²) in [5.41, 5.74) is 0. The van der Waals surface area contributed by atoms with E-state index in [4.69, 9.17) is 11.6 Å². The molecule has 2 aliphatic rings. The van der Waals surface area contributed by atoms with Crippen molar-refractivity contribution >= 4 is 23.5 Å². The Labute approximate surface area is 111 Å². The lowest BCUT2D eigenvalue weighted by atomic mass is 9.87. The molecule has 2 heterocycles. The molecule has 18 heavy (non-hydrogen) atoms. The fourth-order valence-electron chi connectivity index (χ4n) is 2.85. The average molecular weight is 267 g/mol. The van der Waals surface area contributed by atoms with Crippen LogP contribution in [0.15, 0.2) is 12.4 Å². The van der Waals surface area contributed by atoms with Crippen LogP contribution in [0.25, 0.3) is 0 Å². The largest absolute Gasteiger partial charge is 0.350 e. The zero-order valence-corrected chi connectivity index (χ0v) is 10.7. The maximum atomic E-state index is 11.7. The van der Waals surface area contributed by atoms with Gasteiger partial charge in [0.2, 0.25) is 11.9 Å². The highest BCUT2D eigenvalue weighted by Crippen LogP contribution is 2.28. The van der Waals surface area contributed by atoms with Crippen molar-refractivity contribution in [2.75, 3.05) is 11.4 Å².